The first-order valence-corrected chi connectivity index (χ1v) is 5.37. The molecule has 0 atom stereocenters. The fraction of sp³-hybridized carbons (Fsp3) is 0.222. The molecule has 3 nitrogen and oxygen atoms in total. The Hall–Kier alpha value is -0.490. The lowest BCUT2D eigenvalue weighted by Gasteiger charge is -2.08. The topological polar surface area (TPSA) is 49.3 Å². The third-order valence-corrected chi connectivity index (χ3v) is 2.98. The summed E-state index contributed by atoms with van der Waals surface area (Å²) in [4.78, 5) is 10.3. The molecule has 2 N–H and O–H groups in total. The maximum absolute atomic E-state index is 10.3. The van der Waals surface area contributed by atoms with Gasteiger partial charge in [0.05, 0.1) is 0 Å². The number of carboxylic acid groups (broad SMARTS) is 1. The molecule has 0 aliphatic rings. The predicted octanol–water partition coefficient (Wildman–Crippen LogP) is 2.75. The second-order valence-corrected chi connectivity index (χ2v) is 4.40. The highest BCUT2D eigenvalue weighted by Gasteiger charge is 2.04. The second kappa shape index (κ2) is 4.84. The number of aliphatic carboxylic acids is 1. The first-order valence-electron chi connectivity index (χ1n) is 3.92. The average molecular weight is 326 g/mol. The Bertz CT molecular complexity index is 368. The zero-order chi connectivity index (χ0) is 10.7. The lowest BCUT2D eigenvalue weighted by atomic mass is 10.2. The standard InChI is InChI=1S/C9H9ClINO2/c1-5-2-7(11)8(3-6(5)10)12-4-9(13)14/h2-3,12H,4H2,1H3,(H,13,14). The molecule has 0 aromatic heterocycles. The molecular formula is C9H9ClINO2. The lowest BCUT2D eigenvalue weighted by molar-refractivity contribution is -0.134. The molecule has 0 aliphatic carbocycles. The van der Waals surface area contributed by atoms with E-state index in [0.29, 0.717) is 5.02 Å². The molecule has 0 aliphatic heterocycles. The summed E-state index contributed by atoms with van der Waals surface area (Å²) >= 11 is 8.05. The molecule has 0 fully saturated rings. The van der Waals surface area contributed by atoms with Gasteiger partial charge in [-0.1, -0.05) is 11.6 Å². The van der Waals surface area contributed by atoms with Crippen molar-refractivity contribution in [3.05, 3.63) is 26.3 Å². The number of carboxylic acids is 1. The molecule has 1 aromatic carbocycles. The van der Waals surface area contributed by atoms with Crippen molar-refractivity contribution in [2.24, 2.45) is 0 Å². The smallest absolute Gasteiger partial charge is 0.322 e. The van der Waals surface area contributed by atoms with Crippen molar-refractivity contribution in [3.8, 4) is 0 Å². The van der Waals surface area contributed by atoms with E-state index in [1.807, 2.05) is 13.0 Å². The van der Waals surface area contributed by atoms with Gasteiger partial charge in [0.15, 0.2) is 0 Å². The Labute approximate surface area is 101 Å². The fourth-order valence-corrected chi connectivity index (χ4v) is 1.93. The molecule has 1 aromatic rings. The third-order valence-electron chi connectivity index (χ3n) is 1.68. The number of hydrogen-bond acceptors (Lipinski definition) is 2. The van der Waals surface area contributed by atoms with Crippen LogP contribution in [0.15, 0.2) is 12.1 Å². The van der Waals surface area contributed by atoms with Crippen LogP contribution in [0.1, 0.15) is 5.56 Å². The van der Waals surface area contributed by atoms with Crippen LogP contribution < -0.4 is 5.32 Å². The van der Waals surface area contributed by atoms with Gasteiger partial charge in [-0.05, 0) is 47.2 Å². The Kier molecular flexibility index (Phi) is 4.00. The molecule has 0 saturated carbocycles. The minimum Gasteiger partial charge on any atom is -0.480 e. The van der Waals surface area contributed by atoms with Crippen LogP contribution in [0.3, 0.4) is 0 Å². The summed E-state index contributed by atoms with van der Waals surface area (Å²) in [7, 11) is 0. The van der Waals surface area contributed by atoms with E-state index in [9.17, 15) is 4.79 Å². The molecule has 0 radical (unpaired) electrons. The van der Waals surface area contributed by atoms with Crippen LogP contribution in [0.4, 0.5) is 5.69 Å². The van der Waals surface area contributed by atoms with E-state index in [1.54, 1.807) is 6.07 Å². The van der Waals surface area contributed by atoms with Gasteiger partial charge in [0, 0.05) is 14.3 Å². The average Bonchev–Trinajstić information content (AvgIpc) is 2.09. The van der Waals surface area contributed by atoms with Gasteiger partial charge < -0.3 is 10.4 Å². The zero-order valence-corrected chi connectivity index (χ0v) is 10.4. The van der Waals surface area contributed by atoms with E-state index in [4.69, 9.17) is 16.7 Å². The van der Waals surface area contributed by atoms with Crippen LogP contribution in [0.5, 0.6) is 0 Å². The summed E-state index contributed by atoms with van der Waals surface area (Å²) in [5.74, 6) is -0.891. The Morgan fingerprint density at radius 2 is 2.29 bits per heavy atom. The number of benzene rings is 1. The summed E-state index contributed by atoms with van der Waals surface area (Å²) in [6, 6.07) is 3.65. The molecule has 0 unspecified atom stereocenters. The van der Waals surface area contributed by atoms with Crippen molar-refractivity contribution < 1.29 is 9.90 Å². The number of nitrogens with one attached hydrogen (secondary N) is 1. The van der Waals surface area contributed by atoms with Crippen molar-refractivity contribution in [2.45, 2.75) is 6.92 Å². The van der Waals surface area contributed by atoms with Crippen LogP contribution in [0.25, 0.3) is 0 Å². The predicted molar refractivity (Wildman–Crippen MR) is 65.0 cm³/mol. The molecule has 0 bridgehead atoms. The molecule has 14 heavy (non-hydrogen) atoms. The molecular weight excluding hydrogens is 316 g/mol. The maximum atomic E-state index is 10.3. The van der Waals surface area contributed by atoms with Crippen LogP contribution >= 0.6 is 34.2 Å². The highest BCUT2D eigenvalue weighted by Crippen LogP contribution is 2.25. The number of carbonyl (C=O) groups is 1. The highest BCUT2D eigenvalue weighted by atomic mass is 127. The summed E-state index contributed by atoms with van der Waals surface area (Å²) in [6.07, 6.45) is 0. The second-order valence-electron chi connectivity index (χ2n) is 2.83. The van der Waals surface area contributed by atoms with E-state index in [-0.39, 0.29) is 6.54 Å². The van der Waals surface area contributed by atoms with Crippen molar-refractivity contribution in [1.82, 2.24) is 0 Å². The Morgan fingerprint density at radius 1 is 1.64 bits per heavy atom. The summed E-state index contributed by atoms with van der Waals surface area (Å²) in [6.45, 7) is 1.81. The zero-order valence-electron chi connectivity index (χ0n) is 7.47. The van der Waals surface area contributed by atoms with Crippen LogP contribution in [0, 0.1) is 10.5 Å². The fourth-order valence-electron chi connectivity index (χ4n) is 0.953. The van der Waals surface area contributed by atoms with Crippen molar-refractivity contribution in [1.29, 1.82) is 0 Å². The molecule has 0 saturated heterocycles. The van der Waals surface area contributed by atoms with E-state index >= 15 is 0 Å². The van der Waals surface area contributed by atoms with Gasteiger partial charge in [0.25, 0.3) is 0 Å². The monoisotopic (exact) mass is 325 g/mol. The van der Waals surface area contributed by atoms with Crippen LogP contribution in [0.2, 0.25) is 5.02 Å². The van der Waals surface area contributed by atoms with Crippen molar-refractivity contribution in [2.75, 3.05) is 11.9 Å². The van der Waals surface area contributed by atoms with Crippen LogP contribution in [-0.4, -0.2) is 17.6 Å². The van der Waals surface area contributed by atoms with E-state index in [1.165, 1.54) is 0 Å². The number of halogens is 2. The van der Waals surface area contributed by atoms with Crippen molar-refractivity contribution in [3.63, 3.8) is 0 Å². The van der Waals surface area contributed by atoms with Gasteiger partial charge in [-0.15, -0.1) is 0 Å². The highest BCUT2D eigenvalue weighted by molar-refractivity contribution is 14.1. The molecule has 1 rings (SSSR count). The van der Waals surface area contributed by atoms with E-state index in [0.717, 1.165) is 14.8 Å². The van der Waals surface area contributed by atoms with Gasteiger partial charge in [0.2, 0.25) is 0 Å². The number of anilines is 1. The molecule has 0 spiro atoms. The molecule has 0 heterocycles. The largest absolute Gasteiger partial charge is 0.480 e. The lowest BCUT2D eigenvalue weighted by Crippen LogP contribution is -2.13. The summed E-state index contributed by atoms with van der Waals surface area (Å²) in [5, 5.41) is 11.9. The Balaban J connectivity index is 2.87. The summed E-state index contributed by atoms with van der Waals surface area (Å²) < 4.78 is 0.964. The molecule has 76 valence electrons. The number of aryl methyl sites for hydroxylation is 1. The van der Waals surface area contributed by atoms with Gasteiger partial charge in [-0.2, -0.15) is 0 Å². The molecule has 5 heteroatoms. The van der Waals surface area contributed by atoms with E-state index < -0.39 is 5.97 Å². The van der Waals surface area contributed by atoms with Gasteiger partial charge in [-0.3, -0.25) is 4.79 Å². The number of rotatable bonds is 3. The first kappa shape index (κ1) is 11.6. The van der Waals surface area contributed by atoms with Gasteiger partial charge in [0.1, 0.15) is 6.54 Å². The molecule has 0 amide bonds. The normalized spacial score (nSPS) is 9.93. The van der Waals surface area contributed by atoms with Crippen LogP contribution in [-0.2, 0) is 4.79 Å². The quantitative estimate of drug-likeness (QED) is 0.840. The summed E-state index contributed by atoms with van der Waals surface area (Å²) in [5.41, 5.74) is 1.74. The van der Waals surface area contributed by atoms with Crippen molar-refractivity contribution >= 4 is 45.8 Å². The van der Waals surface area contributed by atoms with Gasteiger partial charge >= 0.3 is 5.97 Å². The SMILES string of the molecule is Cc1cc(I)c(NCC(=O)O)cc1Cl. The number of hydrogen-bond donors (Lipinski definition) is 2. The van der Waals surface area contributed by atoms with E-state index in [2.05, 4.69) is 27.9 Å². The van der Waals surface area contributed by atoms with Gasteiger partial charge in [-0.25, -0.2) is 0 Å². The minimum absolute atomic E-state index is 0.102. The first-order chi connectivity index (χ1) is 6.50. The third kappa shape index (κ3) is 3.02. The Morgan fingerprint density at radius 3 is 2.86 bits per heavy atom. The minimum atomic E-state index is -0.891. The maximum Gasteiger partial charge on any atom is 0.322 e.